The average molecular weight is 296 g/mol. The van der Waals surface area contributed by atoms with Crippen LogP contribution in [0.2, 0.25) is 0 Å². The molecule has 8 nitrogen and oxygen atoms in total. The Morgan fingerprint density at radius 2 is 2.05 bits per heavy atom. The minimum absolute atomic E-state index is 0.138. The van der Waals surface area contributed by atoms with Gasteiger partial charge >= 0.3 is 6.01 Å². The maximum absolute atomic E-state index is 5.70. The smallest absolute Gasteiger partial charge is 0.322 e. The number of methoxy groups -OCH3 is 1. The zero-order valence-electron chi connectivity index (χ0n) is 12.9. The Morgan fingerprint density at radius 1 is 1.29 bits per heavy atom. The lowest BCUT2D eigenvalue weighted by molar-refractivity contribution is -0.0118. The molecule has 1 aliphatic heterocycles. The number of anilines is 2. The van der Waals surface area contributed by atoms with E-state index in [2.05, 4.69) is 44.5 Å². The number of morpholine rings is 1. The molecule has 1 aliphatic rings. The maximum atomic E-state index is 5.70. The standard InChI is InChI=1S/C13H24N6O2/c1-4-5-14-11-16-12(18-13(17-11)20-3)15-8-10-9-19(2)6-7-21-10/h10H,4-9H2,1-3H3,(H2,14,15,16,17,18). The van der Waals surface area contributed by atoms with Gasteiger partial charge in [0, 0.05) is 26.2 Å². The van der Waals surface area contributed by atoms with E-state index in [9.17, 15) is 0 Å². The normalized spacial score (nSPS) is 19.3. The van der Waals surface area contributed by atoms with Crippen LogP contribution in [0, 0.1) is 0 Å². The van der Waals surface area contributed by atoms with Gasteiger partial charge in [-0.15, -0.1) is 0 Å². The summed E-state index contributed by atoms with van der Waals surface area (Å²) < 4.78 is 10.8. The van der Waals surface area contributed by atoms with Crippen LogP contribution in [-0.2, 0) is 4.74 Å². The number of rotatable bonds is 7. The summed E-state index contributed by atoms with van der Waals surface area (Å²) in [5.74, 6) is 1.02. The number of hydrogen-bond donors (Lipinski definition) is 2. The van der Waals surface area contributed by atoms with Crippen molar-refractivity contribution in [2.24, 2.45) is 0 Å². The number of ether oxygens (including phenoxy) is 2. The van der Waals surface area contributed by atoms with E-state index in [1.807, 2.05) is 0 Å². The Kier molecular flexibility index (Phi) is 5.94. The molecular weight excluding hydrogens is 272 g/mol. The van der Waals surface area contributed by atoms with E-state index in [-0.39, 0.29) is 6.10 Å². The van der Waals surface area contributed by atoms with Gasteiger partial charge in [-0.05, 0) is 13.5 Å². The van der Waals surface area contributed by atoms with Crippen LogP contribution in [0.3, 0.4) is 0 Å². The van der Waals surface area contributed by atoms with Crippen molar-refractivity contribution < 1.29 is 9.47 Å². The predicted molar refractivity (Wildman–Crippen MR) is 80.9 cm³/mol. The van der Waals surface area contributed by atoms with E-state index in [1.54, 1.807) is 7.11 Å². The van der Waals surface area contributed by atoms with Gasteiger partial charge in [0.05, 0.1) is 19.8 Å². The van der Waals surface area contributed by atoms with Crippen LogP contribution < -0.4 is 15.4 Å². The van der Waals surface area contributed by atoms with Gasteiger partial charge in [-0.3, -0.25) is 0 Å². The minimum Gasteiger partial charge on any atom is -0.467 e. The van der Waals surface area contributed by atoms with Crippen molar-refractivity contribution in [3.63, 3.8) is 0 Å². The molecule has 1 unspecified atom stereocenters. The molecule has 0 aliphatic carbocycles. The first kappa shape index (κ1) is 15.7. The van der Waals surface area contributed by atoms with Crippen LogP contribution in [0.25, 0.3) is 0 Å². The number of nitrogens with zero attached hydrogens (tertiary/aromatic N) is 4. The fourth-order valence-corrected chi connectivity index (χ4v) is 2.04. The van der Waals surface area contributed by atoms with Crippen molar-refractivity contribution >= 4 is 11.9 Å². The average Bonchev–Trinajstić information content (AvgIpc) is 2.51. The van der Waals surface area contributed by atoms with Crippen LogP contribution in [0.4, 0.5) is 11.9 Å². The molecule has 2 heterocycles. The summed E-state index contributed by atoms with van der Waals surface area (Å²) in [5, 5.41) is 6.33. The Morgan fingerprint density at radius 3 is 2.71 bits per heavy atom. The second-order valence-corrected chi connectivity index (χ2v) is 5.03. The molecule has 2 N–H and O–H groups in total. The number of aromatic nitrogens is 3. The van der Waals surface area contributed by atoms with Crippen molar-refractivity contribution in [3.05, 3.63) is 0 Å². The van der Waals surface area contributed by atoms with Crippen LogP contribution >= 0.6 is 0 Å². The number of hydrogen-bond acceptors (Lipinski definition) is 8. The molecule has 0 saturated carbocycles. The van der Waals surface area contributed by atoms with Gasteiger partial charge in [-0.25, -0.2) is 0 Å². The predicted octanol–water partition coefficient (Wildman–Crippen LogP) is 0.445. The SMILES string of the molecule is CCCNc1nc(NCC2CN(C)CCO2)nc(OC)n1. The first-order valence-electron chi connectivity index (χ1n) is 7.29. The summed E-state index contributed by atoms with van der Waals surface area (Å²) in [6.45, 7) is 6.18. The molecule has 8 heteroatoms. The highest BCUT2D eigenvalue weighted by molar-refractivity contribution is 5.35. The Hall–Kier alpha value is -1.67. The van der Waals surface area contributed by atoms with Crippen molar-refractivity contribution in [3.8, 4) is 6.01 Å². The van der Waals surface area contributed by atoms with Crippen molar-refractivity contribution in [1.82, 2.24) is 19.9 Å². The highest BCUT2D eigenvalue weighted by Crippen LogP contribution is 2.11. The first-order chi connectivity index (χ1) is 10.2. The van der Waals surface area contributed by atoms with E-state index in [1.165, 1.54) is 0 Å². The third kappa shape index (κ3) is 4.98. The highest BCUT2D eigenvalue weighted by Gasteiger charge is 2.18. The van der Waals surface area contributed by atoms with E-state index in [0.717, 1.165) is 32.7 Å². The second-order valence-electron chi connectivity index (χ2n) is 5.03. The quantitative estimate of drug-likeness (QED) is 0.750. The van der Waals surface area contributed by atoms with Crippen LogP contribution in [0.15, 0.2) is 0 Å². The van der Waals surface area contributed by atoms with Gasteiger partial charge in [-0.2, -0.15) is 15.0 Å². The molecule has 1 aromatic rings. The summed E-state index contributed by atoms with van der Waals surface area (Å²) in [6, 6.07) is 0.299. The third-order valence-electron chi connectivity index (χ3n) is 3.16. The van der Waals surface area contributed by atoms with Crippen molar-refractivity contribution in [1.29, 1.82) is 0 Å². The molecule has 21 heavy (non-hydrogen) atoms. The summed E-state index contributed by atoms with van der Waals surface area (Å²) in [6.07, 6.45) is 1.14. The van der Waals surface area contributed by atoms with E-state index in [0.29, 0.717) is 24.5 Å². The number of nitrogens with one attached hydrogen (secondary N) is 2. The molecule has 118 valence electrons. The molecule has 0 bridgehead atoms. The lowest BCUT2D eigenvalue weighted by atomic mass is 10.3. The Bertz CT molecular complexity index is 445. The Balaban J connectivity index is 1.94. The molecule has 1 fully saturated rings. The van der Waals surface area contributed by atoms with Gasteiger partial charge in [0.2, 0.25) is 11.9 Å². The summed E-state index contributed by atoms with van der Waals surface area (Å²) >= 11 is 0. The molecular formula is C13H24N6O2. The topological polar surface area (TPSA) is 84.4 Å². The monoisotopic (exact) mass is 296 g/mol. The Labute approximate surface area is 125 Å². The van der Waals surface area contributed by atoms with Gasteiger partial charge in [0.1, 0.15) is 0 Å². The zero-order chi connectivity index (χ0) is 15.1. The van der Waals surface area contributed by atoms with Gasteiger partial charge in [0.25, 0.3) is 0 Å². The molecule has 1 atom stereocenters. The van der Waals surface area contributed by atoms with Crippen molar-refractivity contribution in [2.75, 3.05) is 57.6 Å². The van der Waals surface area contributed by atoms with Gasteiger partial charge in [-0.1, -0.05) is 6.92 Å². The molecule has 0 radical (unpaired) electrons. The highest BCUT2D eigenvalue weighted by atomic mass is 16.5. The molecule has 0 amide bonds. The van der Waals surface area contributed by atoms with E-state index < -0.39 is 0 Å². The summed E-state index contributed by atoms with van der Waals surface area (Å²) in [5.41, 5.74) is 0. The lowest BCUT2D eigenvalue weighted by Gasteiger charge is -2.30. The second kappa shape index (κ2) is 7.94. The van der Waals surface area contributed by atoms with Gasteiger partial charge < -0.3 is 25.0 Å². The van der Waals surface area contributed by atoms with Crippen LogP contribution in [-0.4, -0.2) is 72.9 Å². The molecule has 0 aromatic carbocycles. The molecule has 1 saturated heterocycles. The summed E-state index contributed by atoms with van der Waals surface area (Å²) in [4.78, 5) is 14.9. The fraction of sp³-hybridized carbons (Fsp3) is 0.769. The molecule has 1 aromatic heterocycles. The van der Waals surface area contributed by atoms with Crippen LogP contribution in [0.5, 0.6) is 6.01 Å². The first-order valence-corrected chi connectivity index (χ1v) is 7.29. The lowest BCUT2D eigenvalue weighted by Crippen LogP contribution is -2.43. The van der Waals surface area contributed by atoms with E-state index >= 15 is 0 Å². The van der Waals surface area contributed by atoms with Gasteiger partial charge in [0.15, 0.2) is 0 Å². The molecule has 0 spiro atoms. The maximum Gasteiger partial charge on any atom is 0.322 e. The summed E-state index contributed by atoms with van der Waals surface area (Å²) in [7, 11) is 3.64. The third-order valence-corrected chi connectivity index (χ3v) is 3.16. The minimum atomic E-state index is 0.138. The number of likely N-dealkylation sites (N-methyl/N-ethyl adjacent to an activating group) is 1. The van der Waals surface area contributed by atoms with Crippen molar-refractivity contribution in [2.45, 2.75) is 19.4 Å². The van der Waals surface area contributed by atoms with E-state index in [4.69, 9.17) is 9.47 Å². The zero-order valence-corrected chi connectivity index (χ0v) is 12.9. The molecule has 2 rings (SSSR count). The largest absolute Gasteiger partial charge is 0.467 e. The fourth-order valence-electron chi connectivity index (χ4n) is 2.04. The van der Waals surface area contributed by atoms with Crippen LogP contribution in [0.1, 0.15) is 13.3 Å².